The maximum absolute atomic E-state index is 13.4. The average Bonchev–Trinajstić information content (AvgIpc) is 2.91. The Morgan fingerprint density at radius 3 is 2.41 bits per heavy atom. The smallest absolute Gasteiger partial charge is 0.326 e. The second-order valence-electron chi connectivity index (χ2n) is 8.95. The molecule has 4 aromatic carbocycles. The molecule has 1 amide bonds. The van der Waals surface area contributed by atoms with Crippen molar-refractivity contribution in [3.05, 3.63) is 107 Å². The monoisotopic (exact) mass is 513 g/mol. The fraction of sp³-hybridized carbons (Fsp3) is 0.226. The van der Waals surface area contributed by atoms with E-state index in [0.717, 1.165) is 38.6 Å². The summed E-state index contributed by atoms with van der Waals surface area (Å²) in [5.74, 6) is -0.800. The maximum atomic E-state index is 13.4. The van der Waals surface area contributed by atoms with Gasteiger partial charge in [-0.2, -0.15) is 11.8 Å². The number of hydrogen-bond donors (Lipinski definition) is 2. The van der Waals surface area contributed by atoms with Gasteiger partial charge in [-0.15, -0.1) is 0 Å². The average molecular weight is 514 g/mol. The minimum Gasteiger partial charge on any atom is -0.480 e. The molecule has 0 saturated carbocycles. The van der Waals surface area contributed by atoms with Gasteiger partial charge in [0.2, 0.25) is 0 Å². The van der Waals surface area contributed by atoms with Crippen LogP contribution in [0.5, 0.6) is 0 Å². The third-order valence-electron chi connectivity index (χ3n) is 6.58. The number of methoxy groups -OCH3 is 1. The summed E-state index contributed by atoms with van der Waals surface area (Å²) in [5.41, 5.74) is 5.05. The number of carboxylic acid groups (broad SMARTS) is 1. The topological polar surface area (TPSA) is 75.6 Å². The van der Waals surface area contributed by atoms with Gasteiger partial charge >= 0.3 is 5.97 Å². The number of thioether (sulfide) groups is 1. The van der Waals surface area contributed by atoms with Crippen LogP contribution in [0.2, 0.25) is 0 Å². The van der Waals surface area contributed by atoms with Crippen LogP contribution in [0.3, 0.4) is 0 Å². The van der Waals surface area contributed by atoms with Gasteiger partial charge in [0.25, 0.3) is 5.91 Å². The summed E-state index contributed by atoms with van der Waals surface area (Å²) in [6, 6.07) is 26.9. The number of fused-ring (bicyclic) bond motifs is 1. The highest BCUT2D eigenvalue weighted by Gasteiger charge is 2.24. The molecule has 0 heterocycles. The fourth-order valence-electron chi connectivity index (χ4n) is 4.67. The van der Waals surface area contributed by atoms with Gasteiger partial charge in [-0.25, -0.2) is 4.79 Å². The van der Waals surface area contributed by atoms with Gasteiger partial charge in [-0.3, -0.25) is 4.79 Å². The Kier molecular flexibility index (Phi) is 8.64. The van der Waals surface area contributed by atoms with Crippen LogP contribution >= 0.6 is 11.8 Å². The number of nitrogens with one attached hydrogen (secondary N) is 1. The number of benzene rings is 4. The van der Waals surface area contributed by atoms with E-state index in [1.807, 2.05) is 67.8 Å². The molecule has 2 N–H and O–H groups in total. The van der Waals surface area contributed by atoms with Gasteiger partial charge in [0.1, 0.15) is 12.1 Å². The lowest BCUT2D eigenvalue weighted by Crippen LogP contribution is -2.41. The van der Waals surface area contributed by atoms with Crippen molar-refractivity contribution in [3.63, 3.8) is 0 Å². The largest absolute Gasteiger partial charge is 0.480 e. The molecular weight excluding hydrogens is 482 g/mol. The van der Waals surface area contributed by atoms with Crippen molar-refractivity contribution >= 4 is 34.4 Å². The molecule has 0 aliphatic heterocycles. The van der Waals surface area contributed by atoms with E-state index < -0.39 is 17.9 Å². The molecule has 2 atom stereocenters. The zero-order valence-corrected chi connectivity index (χ0v) is 22.0. The van der Waals surface area contributed by atoms with E-state index >= 15 is 0 Å². The quantitative estimate of drug-likeness (QED) is 0.254. The van der Waals surface area contributed by atoms with E-state index in [9.17, 15) is 14.7 Å². The third kappa shape index (κ3) is 5.87. The molecule has 5 nitrogen and oxygen atoms in total. The lowest BCUT2D eigenvalue weighted by molar-refractivity contribution is -0.139. The van der Waals surface area contributed by atoms with E-state index in [2.05, 4.69) is 29.6 Å². The highest BCUT2D eigenvalue weighted by Crippen LogP contribution is 2.35. The van der Waals surface area contributed by atoms with E-state index in [-0.39, 0.29) is 6.10 Å². The van der Waals surface area contributed by atoms with Crippen molar-refractivity contribution in [3.8, 4) is 11.1 Å². The van der Waals surface area contributed by atoms with Crippen molar-refractivity contribution in [1.29, 1.82) is 0 Å². The van der Waals surface area contributed by atoms with Crippen LogP contribution in [0.4, 0.5) is 0 Å². The number of amides is 1. The molecule has 6 heteroatoms. The minimum absolute atomic E-state index is 0.348. The first-order valence-corrected chi connectivity index (χ1v) is 13.6. The first kappa shape index (κ1) is 26.5. The normalized spacial score (nSPS) is 12.7. The number of carboxylic acids is 1. The zero-order valence-electron chi connectivity index (χ0n) is 21.2. The van der Waals surface area contributed by atoms with Crippen molar-refractivity contribution < 1.29 is 19.4 Å². The zero-order chi connectivity index (χ0) is 26.4. The SMILES string of the molecule is COC(c1ccc(C(=O)NC(CCSC)C(=O)O)c(-c2ccccc2C)c1)c1cccc2ccccc12. The van der Waals surface area contributed by atoms with Gasteiger partial charge in [0.05, 0.1) is 0 Å². The Hall–Kier alpha value is -3.61. The molecule has 37 heavy (non-hydrogen) atoms. The Morgan fingerprint density at radius 1 is 0.946 bits per heavy atom. The van der Waals surface area contributed by atoms with Crippen LogP contribution in [0.25, 0.3) is 21.9 Å². The molecule has 0 fully saturated rings. The molecule has 0 aromatic heterocycles. The van der Waals surface area contributed by atoms with Gasteiger partial charge in [0, 0.05) is 12.7 Å². The van der Waals surface area contributed by atoms with E-state index in [4.69, 9.17) is 4.74 Å². The number of aryl methyl sites for hydroxylation is 1. The summed E-state index contributed by atoms with van der Waals surface area (Å²) < 4.78 is 6.01. The summed E-state index contributed by atoms with van der Waals surface area (Å²) in [6.45, 7) is 2.00. The number of hydrogen-bond acceptors (Lipinski definition) is 4. The highest BCUT2D eigenvalue weighted by atomic mass is 32.2. The molecule has 0 saturated heterocycles. The minimum atomic E-state index is -1.04. The number of carbonyl (C=O) groups is 2. The number of rotatable bonds is 10. The second kappa shape index (κ2) is 12.1. The molecule has 0 bridgehead atoms. The predicted molar refractivity (Wildman–Crippen MR) is 151 cm³/mol. The van der Waals surface area contributed by atoms with E-state index in [1.165, 1.54) is 0 Å². The molecule has 0 radical (unpaired) electrons. The van der Waals surface area contributed by atoms with E-state index in [0.29, 0.717) is 17.7 Å². The van der Waals surface area contributed by atoms with Gasteiger partial charge in [-0.05, 0) is 76.1 Å². The predicted octanol–water partition coefficient (Wildman–Crippen LogP) is 6.49. The van der Waals surface area contributed by atoms with Gasteiger partial charge in [0.15, 0.2) is 0 Å². The van der Waals surface area contributed by atoms with Crippen molar-refractivity contribution in [2.45, 2.75) is 25.5 Å². The molecule has 0 aliphatic rings. The van der Waals surface area contributed by atoms with Crippen LogP contribution in [0, 0.1) is 6.92 Å². The standard InChI is InChI=1S/C31H31NO4S/c1-20-9-4-6-12-23(20)27-19-22(15-16-26(27)30(33)32-28(31(34)35)17-18-37-3)29(36-2)25-14-8-11-21-10-5-7-13-24(21)25/h4-16,19,28-29H,17-18H2,1-3H3,(H,32,33)(H,34,35). The van der Waals surface area contributed by atoms with E-state index in [1.54, 1.807) is 24.9 Å². The molecule has 190 valence electrons. The Balaban J connectivity index is 1.81. The first-order chi connectivity index (χ1) is 17.9. The molecular formula is C31H31NO4S. The Morgan fingerprint density at radius 2 is 1.68 bits per heavy atom. The lowest BCUT2D eigenvalue weighted by Gasteiger charge is -2.22. The molecule has 4 rings (SSSR count). The summed E-state index contributed by atoms with van der Waals surface area (Å²) in [7, 11) is 1.68. The van der Waals surface area contributed by atoms with Crippen LogP contribution < -0.4 is 5.32 Å². The molecule has 2 unspecified atom stereocenters. The molecule has 4 aromatic rings. The van der Waals surface area contributed by atoms with Crippen LogP contribution in [-0.2, 0) is 9.53 Å². The molecule has 0 aliphatic carbocycles. The Labute approximate surface area is 221 Å². The van der Waals surface area contributed by atoms with Gasteiger partial charge in [-0.1, -0.05) is 72.8 Å². The number of ether oxygens (including phenoxy) is 1. The first-order valence-electron chi connectivity index (χ1n) is 12.2. The van der Waals surface area contributed by atoms with Crippen LogP contribution in [0.15, 0.2) is 84.9 Å². The summed E-state index contributed by atoms with van der Waals surface area (Å²) in [6.07, 6.45) is 1.92. The number of aliphatic carboxylic acids is 1. The third-order valence-corrected chi connectivity index (χ3v) is 7.23. The maximum Gasteiger partial charge on any atom is 0.326 e. The van der Waals surface area contributed by atoms with Crippen LogP contribution in [0.1, 0.15) is 39.6 Å². The summed E-state index contributed by atoms with van der Waals surface area (Å²) in [5, 5.41) is 14.6. The van der Waals surface area contributed by atoms with Gasteiger partial charge < -0.3 is 15.2 Å². The molecule has 0 spiro atoms. The Bertz CT molecular complexity index is 1410. The van der Waals surface area contributed by atoms with Crippen LogP contribution in [-0.4, -0.2) is 42.1 Å². The summed E-state index contributed by atoms with van der Waals surface area (Å²) in [4.78, 5) is 25.2. The highest BCUT2D eigenvalue weighted by molar-refractivity contribution is 7.98. The van der Waals surface area contributed by atoms with Crippen molar-refractivity contribution in [2.24, 2.45) is 0 Å². The van der Waals surface area contributed by atoms with Crippen molar-refractivity contribution in [1.82, 2.24) is 5.32 Å². The lowest BCUT2D eigenvalue weighted by atomic mass is 9.89. The van der Waals surface area contributed by atoms with Crippen molar-refractivity contribution in [2.75, 3.05) is 19.1 Å². The fourth-order valence-corrected chi connectivity index (χ4v) is 5.14. The second-order valence-corrected chi connectivity index (χ2v) is 9.94. The summed E-state index contributed by atoms with van der Waals surface area (Å²) >= 11 is 1.55. The number of carbonyl (C=O) groups excluding carboxylic acids is 1.